The van der Waals surface area contributed by atoms with Crippen LogP contribution in [0.2, 0.25) is 0 Å². The molecule has 0 bridgehead atoms. The van der Waals surface area contributed by atoms with Gasteiger partial charge >= 0.3 is 0 Å². The summed E-state index contributed by atoms with van der Waals surface area (Å²) in [7, 11) is 1.64. The summed E-state index contributed by atoms with van der Waals surface area (Å²) in [5, 5.41) is 12.2. The first-order chi connectivity index (χ1) is 14.9. The number of ether oxygens (including phenoxy) is 1. The van der Waals surface area contributed by atoms with Crippen LogP contribution in [0.3, 0.4) is 0 Å². The number of hydrogen-bond donors (Lipinski definition) is 1. The second-order valence-electron chi connectivity index (χ2n) is 7.58. The van der Waals surface area contributed by atoms with Crippen molar-refractivity contribution in [1.82, 2.24) is 20.4 Å². The van der Waals surface area contributed by atoms with Gasteiger partial charge in [-0.2, -0.15) is 0 Å². The van der Waals surface area contributed by atoms with Crippen molar-refractivity contribution in [3.63, 3.8) is 0 Å². The number of nitrogens with one attached hydrogen (secondary N) is 1. The van der Waals surface area contributed by atoms with Gasteiger partial charge in [0.15, 0.2) is 4.34 Å². The molecule has 0 atom stereocenters. The van der Waals surface area contributed by atoms with Crippen molar-refractivity contribution in [2.75, 3.05) is 43.9 Å². The topological polar surface area (TPSA) is 87.7 Å². The zero-order chi connectivity index (χ0) is 22.2. The van der Waals surface area contributed by atoms with Crippen LogP contribution in [0.5, 0.6) is 5.75 Å². The summed E-state index contributed by atoms with van der Waals surface area (Å²) in [5.41, 5.74) is 1.13. The highest BCUT2D eigenvalue weighted by Gasteiger charge is 2.23. The Hall–Kier alpha value is -2.33. The molecule has 1 saturated heterocycles. The van der Waals surface area contributed by atoms with E-state index in [1.165, 1.54) is 23.1 Å². The van der Waals surface area contributed by atoms with Crippen LogP contribution in [0, 0.1) is 0 Å². The summed E-state index contributed by atoms with van der Waals surface area (Å²) in [5.74, 6) is 1.34. The lowest BCUT2D eigenvalue weighted by Crippen LogP contribution is -2.48. The average Bonchev–Trinajstić information content (AvgIpc) is 3.25. The first-order valence-electron chi connectivity index (χ1n) is 10.4. The zero-order valence-corrected chi connectivity index (χ0v) is 19.8. The predicted octanol–water partition coefficient (Wildman–Crippen LogP) is 2.44. The van der Waals surface area contributed by atoms with Crippen LogP contribution in [-0.2, 0) is 16.0 Å². The third-order valence-electron chi connectivity index (χ3n) is 4.86. The van der Waals surface area contributed by atoms with E-state index in [-0.39, 0.29) is 17.9 Å². The van der Waals surface area contributed by atoms with E-state index >= 15 is 0 Å². The molecule has 2 heterocycles. The molecular weight excluding hydrogens is 434 g/mol. The maximum absolute atomic E-state index is 12.6. The Balaban J connectivity index is 1.41. The lowest BCUT2D eigenvalue weighted by atomic mass is 10.1. The second-order valence-corrected chi connectivity index (χ2v) is 9.76. The monoisotopic (exact) mass is 463 g/mol. The third kappa shape index (κ3) is 7.10. The first kappa shape index (κ1) is 23.3. The number of aromatic nitrogens is 2. The van der Waals surface area contributed by atoms with Crippen molar-refractivity contribution in [2.24, 2.45) is 0 Å². The van der Waals surface area contributed by atoms with Crippen LogP contribution in [-0.4, -0.2) is 72.0 Å². The van der Waals surface area contributed by atoms with Crippen molar-refractivity contribution in [2.45, 2.75) is 37.1 Å². The molecule has 8 nitrogen and oxygen atoms in total. The number of aryl methyl sites for hydroxylation is 1. The molecule has 0 radical (unpaired) electrons. The van der Waals surface area contributed by atoms with E-state index in [0.29, 0.717) is 25.3 Å². The van der Waals surface area contributed by atoms with E-state index in [4.69, 9.17) is 4.74 Å². The summed E-state index contributed by atoms with van der Waals surface area (Å²) in [6.45, 7) is 6.72. The summed E-state index contributed by atoms with van der Waals surface area (Å²) in [4.78, 5) is 28.4. The van der Waals surface area contributed by atoms with Crippen molar-refractivity contribution in [1.29, 1.82) is 0 Å². The predicted molar refractivity (Wildman–Crippen MR) is 124 cm³/mol. The number of carbonyl (C=O) groups excluding carboxylic acids is 2. The Labute approximate surface area is 191 Å². The molecule has 2 amide bonds. The molecule has 1 aromatic carbocycles. The summed E-state index contributed by atoms with van der Waals surface area (Å²) < 4.78 is 5.95. The van der Waals surface area contributed by atoms with Crippen LogP contribution in [0.15, 0.2) is 28.6 Å². The normalized spacial score (nSPS) is 14.1. The van der Waals surface area contributed by atoms with Crippen LogP contribution in [0.25, 0.3) is 0 Å². The van der Waals surface area contributed by atoms with Gasteiger partial charge in [-0.3, -0.25) is 9.59 Å². The van der Waals surface area contributed by atoms with Gasteiger partial charge in [0.1, 0.15) is 5.75 Å². The maximum Gasteiger partial charge on any atom is 0.230 e. The molecule has 2 aromatic rings. The minimum atomic E-state index is -0.00137. The van der Waals surface area contributed by atoms with Crippen molar-refractivity contribution in [3.05, 3.63) is 29.8 Å². The Kier molecular flexibility index (Phi) is 8.53. The minimum absolute atomic E-state index is 0.00137. The molecular formula is C21H29N5O3S2. The van der Waals surface area contributed by atoms with Gasteiger partial charge in [0, 0.05) is 38.6 Å². The van der Waals surface area contributed by atoms with E-state index in [9.17, 15) is 9.59 Å². The van der Waals surface area contributed by atoms with E-state index in [0.717, 1.165) is 40.3 Å². The van der Waals surface area contributed by atoms with Gasteiger partial charge in [-0.25, -0.2) is 0 Å². The van der Waals surface area contributed by atoms with Gasteiger partial charge in [0.2, 0.25) is 16.9 Å². The van der Waals surface area contributed by atoms with Gasteiger partial charge in [0.25, 0.3) is 0 Å². The van der Waals surface area contributed by atoms with Crippen molar-refractivity contribution >= 4 is 40.0 Å². The number of thioether (sulfide) groups is 1. The molecule has 3 rings (SSSR count). The Bertz CT molecular complexity index is 864. The molecule has 168 valence electrons. The van der Waals surface area contributed by atoms with Crippen LogP contribution in [0.1, 0.15) is 25.8 Å². The van der Waals surface area contributed by atoms with Gasteiger partial charge in [-0.1, -0.05) is 35.2 Å². The SMILES string of the molecule is COc1ccc(CCC(=O)N2CCN(c3nnc(SCC(=O)NC(C)C)s3)CC2)cc1. The Morgan fingerprint density at radius 3 is 2.52 bits per heavy atom. The zero-order valence-electron chi connectivity index (χ0n) is 18.2. The molecule has 0 saturated carbocycles. The van der Waals surface area contributed by atoms with E-state index in [2.05, 4.69) is 20.4 Å². The highest BCUT2D eigenvalue weighted by atomic mass is 32.2. The van der Waals surface area contributed by atoms with E-state index in [1.54, 1.807) is 7.11 Å². The number of anilines is 1. The summed E-state index contributed by atoms with van der Waals surface area (Å²) >= 11 is 2.89. The van der Waals surface area contributed by atoms with Crippen LogP contribution >= 0.6 is 23.1 Å². The molecule has 1 aliphatic heterocycles. The number of amides is 2. The van der Waals surface area contributed by atoms with Gasteiger partial charge in [-0.15, -0.1) is 10.2 Å². The van der Waals surface area contributed by atoms with Gasteiger partial charge in [-0.05, 0) is 38.0 Å². The molecule has 10 heteroatoms. The summed E-state index contributed by atoms with van der Waals surface area (Å²) in [6.07, 6.45) is 1.23. The number of carbonyl (C=O) groups is 2. The number of benzene rings is 1. The first-order valence-corrected chi connectivity index (χ1v) is 12.2. The number of nitrogens with zero attached hydrogens (tertiary/aromatic N) is 4. The third-order valence-corrected chi connectivity index (χ3v) is 6.98. The fraction of sp³-hybridized carbons (Fsp3) is 0.524. The quantitative estimate of drug-likeness (QED) is 0.572. The standard InChI is InChI=1S/C21H29N5O3S2/c1-15(2)22-18(27)14-30-21-24-23-20(31-21)26-12-10-25(11-13-26)19(28)9-6-16-4-7-17(29-3)8-5-16/h4-5,7-8,15H,6,9-14H2,1-3H3,(H,22,27). The number of rotatable bonds is 9. The number of piperazine rings is 1. The molecule has 0 spiro atoms. The van der Waals surface area contributed by atoms with Crippen LogP contribution in [0.4, 0.5) is 5.13 Å². The molecule has 1 fully saturated rings. The summed E-state index contributed by atoms with van der Waals surface area (Å²) in [6, 6.07) is 7.98. The maximum atomic E-state index is 12.6. The highest BCUT2D eigenvalue weighted by Crippen LogP contribution is 2.28. The highest BCUT2D eigenvalue weighted by molar-refractivity contribution is 8.01. The lowest BCUT2D eigenvalue weighted by Gasteiger charge is -2.34. The smallest absolute Gasteiger partial charge is 0.230 e. The van der Waals surface area contributed by atoms with Gasteiger partial charge in [0.05, 0.1) is 12.9 Å². The Morgan fingerprint density at radius 1 is 1.16 bits per heavy atom. The van der Waals surface area contributed by atoms with E-state index < -0.39 is 0 Å². The largest absolute Gasteiger partial charge is 0.497 e. The number of hydrogen-bond acceptors (Lipinski definition) is 8. The lowest BCUT2D eigenvalue weighted by molar-refractivity contribution is -0.131. The second kappa shape index (κ2) is 11.3. The fourth-order valence-corrected chi connectivity index (χ4v) is 4.93. The number of methoxy groups -OCH3 is 1. The van der Waals surface area contributed by atoms with Crippen molar-refractivity contribution < 1.29 is 14.3 Å². The Morgan fingerprint density at radius 2 is 1.87 bits per heavy atom. The fourth-order valence-electron chi connectivity index (χ4n) is 3.23. The van der Waals surface area contributed by atoms with Gasteiger partial charge < -0.3 is 19.9 Å². The molecule has 1 aliphatic rings. The van der Waals surface area contributed by atoms with Crippen molar-refractivity contribution in [3.8, 4) is 5.75 Å². The van der Waals surface area contributed by atoms with E-state index in [1.807, 2.05) is 43.0 Å². The molecule has 1 N–H and O–H groups in total. The molecule has 0 unspecified atom stereocenters. The molecule has 1 aromatic heterocycles. The minimum Gasteiger partial charge on any atom is -0.497 e. The average molecular weight is 464 g/mol. The molecule has 0 aliphatic carbocycles. The molecule has 31 heavy (non-hydrogen) atoms. The van der Waals surface area contributed by atoms with Crippen LogP contribution < -0.4 is 15.0 Å².